The number of nitrogens with zero attached hydrogens (tertiary/aromatic N) is 1. The van der Waals surface area contributed by atoms with Gasteiger partial charge in [-0.25, -0.2) is 0 Å². The molecule has 0 saturated heterocycles. The summed E-state index contributed by atoms with van der Waals surface area (Å²) in [6.07, 6.45) is 0. The molecule has 0 bridgehead atoms. The first kappa shape index (κ1) is 10.6. The zero-order chi connectivity index (χ0) is 7.15. The van der Waals surface area contributed by atoms with Crippen LogP contribution in [0.15, 0.2) is 0 Å². The van der Waals surface area contributed by atoms with Crippen molar-refractivity contribution in [2.45, 2.75) is 0 Å². The standard InChI is InChI=1S/C3H9N.CH4N2S/c1-4(2)3;2-1(3)4/h1-3H3;(H4,2,3,4). The smallest absolute Gasteiger partial charge is 0.160 e. The highest BCUT2D eigenvalue weighted by Gasteiger charge is 1.58. The molecule has 8 heavy (non-hydrogen) atoms. The second-order valence-corrected chi connectivity index (χ2v) is 2.22. The Morgan fingerprint density at radius 3 is 1.25 bits per heavy atom. The van der Waals surface area contributed by atoms with Crippen molar-refractivity contribution in [3.63, 3.8) is 0 Å². The van der Waals surface area contributed by atoms with Gasteiger partial charge in [-0.15, -0.1) is 0 Å². The normalized spacial score (nSPS) is 7.50. The number of thiocarbonyl (C=S) groups is 1. The van der Waals surface area contributed by atoms with E-state index in [4.69, 9.17) is 0 Å². The van der Waals surface area contributed by atoms with Crippen LogP contribution in [0.3, 0.4) is 0 Å². The van der Waals surface area contributed by atoms with Gasteiger partial charge in [-0.2, -0.15) is 0 Å². The largest absolute Gasteiger partial charge is 0.377 e. The van der Waals surface area contributed by atoms with Crippen LogP contribution < -0.4 is 11.5 Å². The van der Waals surface area contributed by atoms with Gasteiger partial charge in [-0.1, -0.05) is 0 Å². The summed E-state index contributed by atoms with van der Waals surface area (Å²) in [5, 5.41) is 0.000000000000000222. The van der Waals surface area contributed by atoms with Crippen molar-refractivity contribution in [2.75, 3.05) is 21.1 Å². The first-order valence-corrected chi connectivity index (χ1v) is 2.53. The molecular weight excluding hydrogens is 122 g/mol. The van der Waals surface area contributed by atoms with Crippen molar-refractivity contribution in [2.24, 2.45) is 11.5 Å². The van der Waals surface area contributed by atoms with Crippen molar-refractivity contribution in [1.29, 1.82) is 0 Å². The van der Waals surface area contributed by atoms with Gasteiger partial charge in [0.2, 0.25) is 0 Å². The van der Waals surface area contributed by atoms with Crippen LogP contribution in [0.4, 0.5) is 0 Å². The minimum Gasteiger partial charge on any atom is -0.377 e. The highest BCUT2D eigenvalue weighted by Crippen LogP contribution is 1.47. The van der Waals surface area contributed by atoms with Gasteiger partial charge in [-0.05, 0) is 33.4 Å². The predicted octanol–water partition coefficient (Wildman–Crippen LogP) is -0.633. The summed E-state index contributed by atoms with van der Waals surface area (Å²) in [5.41, 5.74) is 9.24. The lowest BCUT2D eigenvalue weighted by Gasteiger charge is -1.90. The Morgan fingerprint density at radius 2 is 1.25 bits per heavy atom. The SMILES string of the molecule is CN(C)C.NC(N)=S. The van der Waals surface area contributed by atoms with E-state index in [9.17, 15) is 0 Å². The molecule has 0 radical (unpaired) electrons. The van der Waals surface area contributed by atoms with E-state index >= 15 is 0 Å². The van der Waals surface area contributed by atoms with E-state index in [0.717, 1.165) is 0 Å². The van der Waals surface area contributed by atoms with Crippen LogP contribution in [0.1, 0.15) is 0 Å². The lowest BCUT2D eigenvalue weighted by atomic mass is 11.0. The van der Waals surface area contributed by atoms with Crippen LogP contribution in [-0.4, -0.2) is 31.2 Å². The maximum Gasteiger partial charge on any atom is 0.160 e. The quantitative estimate of drug-likeness (QED) is 0.434. The molecule has 4 N–H and O–H groups in total. The first-order valence-electron chi connectivity index (χ1n) is 2.12. The fraction of sp³-hybridized carbons (Fsp3) is 0.750. The fourth-order valence-electron chi connectivity index (χ4n) is 0. The molecule has 0 unspecified atom stereocenters. The monoisotopic (exact) mass is 135 g/mol. The summed E-state index contributed by atoms with van der Waals surface area (Å²) in [4.78, 5) is 2.00. The van der Waals surface area contributed by atoms with Gasteiger partial charge in [0.15, 0.2) is 5.11 Å². The predicted molar refractivity (Wildman–Crippen MR) is 40.6 cm³/mol. The second kappa shape index (κ2) is 6.65. The molecule has 0 spiro atoms. The molecule has 0 aromatic heterocycles. The summed E-state index contributed by atoms with van der Waals surface area (Å²) in [6.45, 7) is 0. The molecule has 0 heterocycles. The zero-order valence-corrected chi connectivity index (χ0v) is 6.33. The Bertz CT molecular complexity index is 55.5. The number of nitrogens with two attached hydrogens (primary N) is 2. The Labute approximate surface area is 55.6 Å². The molecule has 0 aromatic rings. The molecule has 0 aliphatic carbocycles. The van der Waals surface area contributed by atoms with E-state index in [0.29, 0.717) is 0 Å². The van der Waals surface area contributed by atoms with E-state index in [1.807, 2.05) is 26.0 Å². The van der Waals surface area contributed by atoms with Crippen LogP contribution in [0, 0.1) is 0 Å². The average Bonchev–Trinajstić information content (AvgIpc) is 1.25. The van der Waals surface area contributed by atoms with Crippen molar-refractivity contribution >= 4 is 17.3 Å². The molecule has 50 valence electrons. The molecule has 0 aliphatic heterocycles. The average molecular weight is 135 g/mol. The zero-order valence-electron chi connectivity index (χ0n) is 5.51. The molecule has 0 amide bonds. The summed E-state index contributed by atoms with van der Waals surface area (Å²) < 4.78 is 0. The van der Waals surface area contributed by atoms with Gasteiger partial charge >= 0.3 is 0 Å². The lowest BCUT2D eigenvalue weighted by molar-refractivity contribution is 0.505. The van der Waals surface area contributed by atoms with Gasteiger partial charge in [0, 0.05) is 0 Å². The molecular formula is C4H13N3S. The van der Waals surface area contributed by atoms with Gasteiger partial charge in [0.1, 0.15) is 0 Å². The topological polar surface area (TPSA) is 55.3 Å². The van der Waals surface area contributed by atoms with E-state index in [-0.39, 0.29) is 5.11 Å². The van der Waals surface area contributed by atoms with Crippen molar-refractivity contribution < 1.29 is 0 Å². The van der Waals surface area contributed by atoms with Crippen molar-refractivity contribution in [3.05, 3.63) is 0 Å². The lowest BCUT2D eigenvalue weighted by Crippen LogP contribution is -2.18. The maximum atomic E-state index is 4.62. The third kappa shape index (κ3) is 997. The Balaban J connectivity index is 0. The Hall–Kier alpha value is -0.350. The van der Waals surface area contributed by atoms with Crippen LogP contribution in [0.5, 0.6) is 0 Å². The highest BCUT2D eigenvalue weighted by atomic mass is 32.1. The van der Waals surface area contributed by atoms with E-state index in [1.54, 1.807) is 0 Å². The van der Waals surface area contributed by atoms with E-state index in [1.165, 1.54) is 0 Å². The molecule has 0 fully saturated rings. The molecule has 0 saturated carbocycles. The summed E-state index contributed by atoms with van der Waals surface area (Å²) in [6, 6.07) is 0. The maximum absolute atomic E-state index is 4.62. The molecule has 3 nitrogen and oxygen atoms in total. The third-order valence-electron chi connectivity index (χ3n) is 0. The molecule has 0 rings (SSSR count). The van der Waals surface area contributed by atoms with Crippen LogP contribution in [0.2, 0.25) is 0 Å². The summed E-state index contributed by atoms with van der Waals surface area (Å²) in [7, 11) is 6.00. The van der Waals surface area contributed by atoms with Crippen LogP contribution in [-0.2, 0) is 0 Å². The molecule has 0 atom stereocenters. The minimum atomic E-state index is 0.000000000000000222. The minimum absolute atomic E-state index is 0.000000000000000222. The Kier molecular flexibility index (Phi) is 8.81. The van der Waals surface area contributed by atoms with Gasteiger partial charge < -0.3 is 16.4 Å². The fourth-order valence-corrected chi connectivity index (χ4v) is 0. The van der Waals surface area contributed by atoms with Crippen molar-refractivity contribution in [3.8, 4) is 0 Å². The number of rotatable bonds is 0. The number of hydrogen-bond donors (Lipinski definition) is 2. The highest BCUT2D eigenvalue weighted by molar-refractivity contribution is 7.80. The summed E-state index contributed by atoms with van der Waals surface area (Å²) in [5.74, 6) is 0. The van der Waals surface area contributed by atoms with Gasteiger partial charge in [0.25, 0.3) is 0 Å². The first-order chi connectivity index (χ1) is 3.46. The van der Waals surface area contributed by atoms with Gasteiger partial charge in [-0.3, -0.25) is 0 Å². The van der Waals surface area contributed by atoms with Gasteiger partial charge in [0.05, 0.1) is 0 Å². The summed E-state index contributed by atoms with van der Waals surface area (Å²) >= 11 is 4.09. The Morgan fingerprint density at radius 1 is 1.25 bits per heavy atom. The molecule has 4 heteroatoms. The third-order valence-corrected chi connectivity index (χ3v) is 0. The van der Waals surface area contributed by atoms with Crippen LogP contribution in [0.25, 0.3) is 0 Å². The molecule has 0 aliphatic rings. The second-order valence-electron chi connectivity index (χ2n) is 1.74. The molecule has 0 aromatic carbocycles. The van der Waals surface area contributed by atoms with E-state index in [2.05, 4.69) is 23.7 Å². The van der Waals surface area contributed by atoms with Crippen molar-refractivity contribution in [1.82, 2.24) is 4.90 Å². The van der Waals surface area contributed by atoms with E-state index < -0.39 is 0 Å². The number of hydrogen-bond acceptors (Lipinski definition) is 2. The van der Waals surface area contributed by atoms with Crippen LogP contribution >= 0.6 is 12.2 Å².